The van der Waals surface area contributed by atoms with Crippen LogP contribution in [0.1, 0.15) is 21.5 Å². The lowest BCUT2D eigenvalue weighted by Gasteiger charge is -2.10. The number of rotatable bonds is 3. The third-order valence-corrected chi connectivity index (χ3v) is 3.59. The van der Waals surface area contributed by atoms with E-state index in [0.717, 1.165) is 16.8 Å². The number of pyridine rings is 1. The van der Waals surface area contributed by atoms with Gasteiger partial charge in [-0.15, -0.1) is 0 Å². The van der Waals surface area contributed by atoms with E-state index in [2.05, 4.69) is 10.3 Å². The van der Waals surface area contributed by atoms with Gasteiger partial charge in [0, 0.05) is 37.2 Å². The summed E-state index contributed by atoms with van der Waals surface area (Å²) in [6.45, 7) is 0.433. The van der Waals surface area contributed by atoms with Crippen LogP contribution in [0.25, 0.3) is 0 Å². The molecular weight excluding hydrogens is 266 g/mol. The van der Waals surface area contributed by atoms with Crippen LogP contribution in [0.3, 0.4) is 0 Å². The van der Waals surface area contributed by atoms with Gasteiger partial charge < -0.3 is 10.2 Å². The Labute approximate surface area is 122 Å². The summed E-state index contributed by atoms with van der Waals surface area (Å²) >= 11 is 0. The molecule has 5 heteroatoms. The van der Waals surface area contributed by atoms with Gasteiger partial charge in [-0.1, -0.05) is 6.07 Å². The lowest BCUT2D eigenvalue weighted by atomic mass is 10.1. The Hall–Kier alpha value is -2.69. The van der Waals surface area contributed by atoms with Gasteiger partial charge in [0.1, 0.15) is 0 Å². The Morgan fingerprint density at radius 2 is 2.24 bits per heavy atom. The number of aromatic nitrogens is 1. The van der Waals surface area contributed by atoms with E-state index in [4.69, 9.17) is 0 Å². The summed E-state index contributed by atoms with van der Waals surface area (Å²) in [5.74, 6) is -0.0958. The second-order valence-electron chi connectivity index (χ2n) is 5.02. The van der Waals surface area contributed by atoms with E-state index in [1.807, 2.05) is 18.2 Å². The quantitative estimate of drug-likeness (QED) is 0.928. The molecule has 0 aliphatic carbocycles. The second-order valence-corrected chi connectivity index (χ2v) is 5.02. The number of likely N-dealkylation sites (N-methyl/N-ethyl adjacent to an activating group) is 1. The zero-order valence-electron chi connectivity index (χ0n) is 11.7. The highest BCUT2D eigenvalue weighted by Gasteiger charge is 2.24. The standard InChI is InChI=1S/C16H15N3O2/c1-19-14-5-4-12(7-13(14)8-15(19)20)16(21)18-10-11-3-2-6-17-9-11/h2-7,9H,8,10H2,1H3,(H,18,21). The van der Waals surface area contributed by atoms with Gasteiger partial charge in [-0.3, -0.25) is 14.6 Å². The fourth-order valence-electron chi connectivity index (χ4n) is 2.40. The monoisotopic (exact) mass is 281 g/mol. The van der Waals surface area contributed by atoms with E-state index in [0.29, 0.717) is 18.5 Å². The normalized spacial score (nSPS) is 13.2. The summed E-state index contributed by atoms with van der Waals surface area (Å²) in [6.07, 6.45) is 3.77. The SMILES string of the molecule is CN1C(=O)Cc2cc(C(=O)NCc3cccnc3)ccc21. The van der Waals surface area contributed by atoms with E-state index < -0.39 is 0 Å². The highest BCUT2D eigenvalue weighted by atomic mass is 16.2. The molecule has 106 valence electrons. The minimum atomic E-state index is -0.149. The summed E-state index contributed by atoms with van der Waals surface area (Å²) in [7, 11) is 1.75. The highest BCUT2D eigenvalue weighted by Crippen LogP contribution is 2.28. The van der Waals surface area contributed by atoms with E-state index >= 15 is 0 Å². The number of anilines is 1. The Balaban J connectivity index is 1.72. The maximum absolute atomic E-state index is 12.2. The zero-order valence-corrected chi connectivity index (χ0v) is 11.7. The molecule has 0 atom stereocenters. The van der Waals surface area contributed by atoms with Crippen molar-refractivity contribution >= 4 is 17.5 Å². The van der Waals surface area contributed by atoms with E-state index in [9.17, 15) is 9.59 Å². The van der Waals surface area contributed by atoms with E-state index in [1.54, 1.807) is 36.5 Å². The molecule has 2 aromatic rings. The first-order valence-electron chi connectivity index (χ1n) is 6.72. The summed E-state index contributed by atoms with van der Waals surface area (Å²) in [5, 5.41) is 2.85. The lowest BCUT2D eigenvalue weighted by Crippen LogP contribution is -2.23. The Morgan fingerprint density at radius 1 is 1.38 bits per heavy atom. The molecule has 5 nitrogen and oxygen atoms in total. The smallest absolute Gasteiger partial charge is 0.251 e. The highest BCUT2D eigenvalue weighted by molar-refractivity contribution is 6.03. The number of carbonyl (C=O) groups is 2. The van der Waals surface area contributed by atoms with Crippen molar-refractivity contribution in [2.45, 2.75) is 13.0 Å². The van der Waals surface area contributed by atoms with Crippen LogP contribution in [0.5, 0.6) is 0 Å². The molecular formula is C16H15N3O2. The number of carbonyl (C=O) groups excluding carboxylic acids is 2. The van der Waals surface area contributed by atoms with Gasteiger partial charge in [-0.25, -0.2) is 0 Å². The van der Waals surface area contributed by atoms with Crippen LogP contribution < -0.4 is 10.2 Å². The van der Waals surface area contributed by atoms with Crippen molar-refractivity contribution < 1.29 is 9.59 Å². The second kappa shape index (κ2) is 5.36. The molecule has 1 aliphatic heterocycles. The van der Waals surface area contributed by atoms with Crippen LogP contribution in [-0.2, 0) is 17.8 Å². The van der Waals surface area contributed by atoms with Gasteiger partial charge in [0.05, 0.1) is 6.42 Å². The zero-order chi connectivity index (χ0) is 14.8. The Bertz CT molecular complexity index is 698. The third kappa shape index (κ3) is 2.63. The van der Waals surface area contributed by atoms with Crippen molar-refractivity contribution in [3.05, 3.63) is 59.4 Å². The molecule has 1 aromatic heterocycles. The minimum Gasteiger partial charge on any atom is -0.348 e. The molecule has 1 aromatic carbocycles. The number of benzene rings is 1. The largest absolute Gasteiger partial charge is 0.348 e. The maximum Gasteiger partial charge on any atom is 0.251 e. The predicted molar refractivity (Wildman–Crippen MR) is 79.0 cm³/mol. The van der Waals surface area contributed by atoms with Gasteiger partial charge in [0.15, 0.2) is 0 Å². The van der Waals surface area contributed by atoms with Crippen molar-refractivity contribution in [2.24, 2.45) is 0 Å². The molecule has 0 unspecified atom stereocenters. The predicted octanol–water partition coefficient (Wildman–Crippen LogP) is 1.53. The van der Waals surface area contributed by atoms with Gasteiger partial charge >= 0.3 is 0 Å². The van der Waals surface area contributed by atoms with Crippen molar-refractivity contribution in [3.8, 4) is 0 Å². The van der Waals surface area contributed by atoms with Crippen LogP contribution in [0.15, 0.2) is 42.7 Å². The summed E-state index contributed by atoms with van der Waals surface area (Å²) < 4.78 is 0. The number of nitrogens with zero attached hydrogens (tertiary/aromatic N) is 2. The average molecular weight is 281 g/mol. The van der Waals surface area contributed by atoms with Crippen LogP contribution in [0, 0.1) is 0 Å². The number of nitrogens with one attached hydrogen (secondary N) is 1. The molecule has 21 heavy (non-hydrogen) atoms. The van der Waals surface area contributed by atoms with Crippen LogP contribution in [-0.4, -0.2) is 23.8 Å². The molecule has 0 saturated carbocycles. The van der Waals surface area contributed by atoms with Gasteiger partial charge in [0.25, 0.3) is 5.91 Å². The molecule has 1 aliphatic rings. The molecule has 0 saturated heterocycles. The van der Waals surface area contributed by atoms with E-state index in [-0.39, 0.29) is 11.8 Å². The fourth-order valence-corrected chi connectivity index (χ4v) is 2.40. The maximum atomic E-state index is 12.2. The fraction of sp³-hybridized carbons (Fsp3) is 0.188. The van der Waals surface area contributed by atoms with E-state index in [1.165, 1.54) is 0 Å². The van der Waals surface area contributed by atoms with Crippen molar-refractivity contribution in [2.75, 3.05) is 11.9 Å². The van der Waals surface area contributed by atoms with Crippen LogP contribution in [0.2, 0.25) is 0 Å². The van der Waals surface area contributed by atoms with Crippen LogP contribution >= 0.6 is 0 Å². The van der Waals surface area contributed by atoms with Crippen LogP contribution in [0.4, 0.5) is 5.69 Å². The number of amides is 2. The van der Waals surface area contributed by atoms with Crippen molar-refractivity contribution in [1.29, 1.82) is 0 Å². The Kier molecular flexibility index (Phi) is 3.39. The molecule has 0 bridgehead atoms. The third-order valence-electron chi connectivity index (χ3n) is 3.59. The molecule has 0 spiro atoms. The van der Waals surface area contributed by atoms with Crippen molar-refractivity contribution in [3.63, 3.8) is 0 Å². The first kappa shape index (κ1) is 13.3. The molecule has 2 heterocycles. The average Bonchev–Trinajstić information content (AvgIpc) is 2.80. The Morgan fingerprint density at radius 3 is 3.00 bits per heavy atom. The minimum absolute atomic E-state index is 0.0536. The topological polar surface area (TPSA) is 62.3 Å². The lowest BCUT2D eigenvalue weighted by molar-refractivity contribution is -0.117. The summed E-state index contributed by atoms with van der Waals surface area (Å²) in [5.41, 5.74) is 3.29. The first-order chi connectivity index (χ1) is 10.1. The number of fused-ring (bicyclic) bond motifs is 1. The van der Waals surface area contributed by atoms with Gasteiger partial charge in [-0.05, 0) is 35.4 Å². The van der Waals surface area contributed by atoms with Gasteiger partial charge in [-0.2, -0.15) is 0 Å². The molecule has 0 fully saturated rings. The number of hydrogen-bond acceptors (Lipinski definition) is 3. The van der Waals surface area contributed by atoms with Gasteiger partial charge in [0.2, 0.25) is 5.91 Å². The summed E-state index contributed by atoms with van der Waals surface area (Å²) in [4.78, 5) is 29.4. The number of hydrogen-bond donors (Lipinski definition) is 1. The first-order valence-corrected chi connectivity index (χ1v) is 6.72. The summed E-state index contributed by atoms with van der Waals surface area (Å²) in [6, 6.07) is 9.09. The molecule has 1 N–H and O–H groups in total. The molecule has 0 radical (unpaired) electrons. The molecule has 2 amide bonds. The molecule has 3 rings (SSSR count). The van der Waals surface area contributed by atoms with Crippen molar-refractivity contribution in [1.82, 2.24) is 10.3 Å².